The lowest BCUT2D eigenvalue weighted by Gasteiger charge is -2.16. The van der Waals surface area contributed by atoms with Gasteiger partial charge in [0.1, 0.15) is 54.4 Å². The van der Waals surface area contributed by atoms with E-state index >= 15 is 0 Å². The molecule has 0 spiro atoms. The van der Waals surface area contributed by atoms with Gasteiger partial charge in [0.15, 0.2) is 5.82 Å². The minimum Gasteiger partial charge on any atom is -0.491 e. The number of rotatable bonds is 7. The maximum atomic E-state index is 11.0. The molecule has 5 aromatic rings. The van der Waals surface area contributed by atoms with Crippen molar-refractivity contribution in [2.45, 2.75) is 44.3 Å². The number of hydrogen-bond donors (Lipinski definition) is 4. The van der Waals surface area contributed by atoms with Crippen molar-refractivity contribution >= 4 is 28.1 Å². The van der Waals surface area contributed by atoms with E-state index in [1.807, 2.05) is 74.2 Å². The van der Waals surface area contributed by atoms with Gasteiger partial charge in [-0.25, -0.2) is 14.5 Å². The van der Waals surface area contributed by atoms with Gasteiger partial charge in [0.25, 0.3) is 0 Å². The number of fused-ring (bicyclic) bond motifs is 2. The van der Waals surface area contributed by atoms with E-state index in [-0.39, 0.29) is 18.5 Å². The molecule has 5 N–H and O–H groups in total. The average Bonchev–Trinajstić information content (AvgIpc) is 3.64. The quantitative estimate of drug-likeness (QED) is 0.246. The Labute approximate surface area is 224 Å². The highest BCUT2D eigenvalue weighted by atomic mass is 16.6. The first kappa shape index (κ1) is 25.0. The summed E-state index contributed by atoms with van der Waals surface area (Å²) in [6.07, 6.45) is -0.835. The van der Waals surface area contributed by atoms with E-state index in [0.717, 1.165) is 16.7 Å². The predicted octanol–water partition coefficient (Wildman–Crippen LogP) is 2.59. The van der Waals surface area contributed by atoms with Crippen molar-refractivity contribution in [3.05, 3.63) is 60.7 Å². The molecule has 4 atom stereocenters. The minimum absolute atomic E-state index is 0.0258. The van der Waals surface area contributed by atoms with E-state index in [1.54, 1.807) is 4.52 Å². The molecule has 39 heavy (non-hydrogen) atoms. The van der Waals surface area contributed by atoms with Crippen LogP contribution in [0.2, 0.25) is 0 Å². The summed E-state index contributed by atoms with van der Waals surface area (Å²) in [6.45, 7) is 4.11. The second-order valence-electron chi connectivity index (χ2n) is 9.85. The van der Waals surface area contributed by atoms with Crippen LogP contribution >= 0.6 is 0 Å². The number of aliphatic hydroxyl groups is 2. The minimum atomic E-state index is -1.22. The Kier molecular flexibility index (Phi) is 6.29. The zero-order valence-corrected chi connectivity index (χ0v) is 21.8. The maximum Gasteiger partial charge on any atom is 0.152 e. The zero-order chi connectivity index (χ0) is 27.3. The largest absolute Gasteiger partial charge is 0.491 e. The molecule has 6 rings (SSSR count). The number of anilines is 2. The molecule has 202 valence electrons. The second kappa shape index (κ2) is 9.80. The van der Waals surface area contributed by atoms with Crippen LogP contribution in [0.25, 0.3) is 27.7 Å². The van der Waals surface area contributed by atoms with Gasteiger partial charge in [-0.3, -0.25) is 4.68 Å². The maximum absolute atomic E-state index is 11.0. The SMILES string of the molecule is CNc1ccc2ccc(OC[C@H]3O[C@@H](c4cc(-c5ccn(C(C)C)n5)c5c(N)ncnn45)[C@H](O)[C@@H]3O)cc2n1. The molecule has 0 saturated carbocycles. The van der Waals surface area contributed by atoms with E-state index in [2.05, 4.69) is 25.5 Å². The first-order valence-corrected chi connectivity index (χ1v) is 12.7. The lowest BCUT2D eigenvalue weighted by molar-refractivity contribution is -0.0187. The molecule has 1 aliphatic rings. The Hall–Kier alpha value is -4.26. The van der Waals surface area contributed by atoms with Crippen LogP contribution in [0.4, 0.5) is 11.6 Å². The number of nitrogens with zero attached hydrogens (tertiary/aromatic N) is 6. The van der Waals surface area contributed by atoms with Gasteiger partial charge in [-0.1, -0.05) is 0 Å². The standard InChI is InChI=1S/C27H30N8O4/c1-14(2)34-9-8-18(33-34)17-11-20(35-23(17)27(28)30-13-31-35)26-25(37)24(36)21(39-26)12-38-16-6-4-15-5-7-22(29-3)32-19(15)10-16/h4-11,13-14,21,24-26,36-37H,12H2,1-3H3,(H,29,32)(H2,28,30,31)/t21-,24-,25-,26+/m1/s1. The molecule has 5 heterocycles. The van der Waals surface area contributed by atoms with E-state index in [0.29, 0.717) is 28.2 Å². The van der Waals surface area contributed by atoms with Gasteiger partial charge in [0, 0.05) is 36.3 Å². The van der Waals surface area contributed by atoms with E-state index in [9.17, 15) is 10.2 Å². The van der Waals surface area contributed by atoms with Crippen LogP contribution in [0.1, 0.15) is 31.7 Å². The first-order chi connectivity index (χ1) is 18.8. The molecule has 0 amide bonds. The van der Waals surface area contributed by atoms with Crippen LogP contribution in [0.5, 0.6) is 5.75 Å². The number of nitrogens with two attached hydrogens (primary N) is 1. The van der Waals surface area contributed by atoms with E-state index < -0.39 is 24.4 Å². The fourth-order valence-corrected chi connectivity index (χ4v) is 4.89. The molecule has 1 fully saturated rings. The number of aromatic nitrogens is 6. The summed E-state index contributed by atoms with van der Waals surface area (Å²) in [6, 6.07) is 13.3. The summed E-state index contributed by atoms with van der Waals surface area (Å²) in [5, 5.41) is 34.9. The number of benzene rings is 1. The van der Waals surface area contributed by atoms with Crippen LogP contribution in [0.15, 0.2) is 55.0 Å². The van der Waals surface area contributed by atoms with Crippen LogP contribution in [-0.2, 0) is 4.74 Å². The van der Waals surface area contributed by atoms with Crippen LogP contribution in [-0.4, -0.2) is 71.5 Å². The molecule has 0 unspecified atom stereocenters. The molecule has 1 saturated heterocycles. The third-order valence-corrected chi connectivity index (χ3v) is 7.01. The highest BCUT2D eigenvalue weighted by Crippen LogP contribution is 2.39. The molecule has 4 aromatic heterocycles. The van der Waals surface area contributed by atoms with Crippen LogP contribution in [0, 0.1) is 0 Å². The van der Waals surface area contributed by atoms with Crippen molar-refractivity contribution in [3.63, 3.8) is 0 Å². The molecule has 12 nitrogen and oxygen atoms in total. The normalized spacial score (nSPS) is 21.3. The molecule has 1 aromatic carbocycles. The van der Waals surface area contributed by atoms with Gasteiger partial charge in [-0.05, 0) is 50.2 Å². The molecule has 0 aliphatic carbocycles. The Morgan fingerprint density at radius 1 is 1.13 bits per heavy atom. The van der Waals surface area contributed by atoms with Crippen molar-refractivity contribution < 1.29 is 19.7 Å². The fourth-order valence-electron chi connectivity index (χ4n) is 4.89. The Bertz CT molecular complexity index is 1650. The monoisotopic (exact) mass is 530 g/mol. The van der Waals surface area contributed by atoms with Crippen molar-refractivity contribution in [2.24, 2.45) is 0 Å². The van der Waals surface area contributed by atoms with Crippen LogP contribution in [0.3, 0.4) is 0 Å². The molecular formula is C27H30N8O4. The summed E-state index contributed by atoms with van der Waals surface area (Å²) >= 11 is 0. The van der Waals surface area contributed by atoms with Crippen LogP contribution < -0.4 is 15.8 Å². The summed E-state index contributed by atoms with van der Waals surface area (Å²) in [4.78, 5) is 8.69. The number of pyridine rings is 1. The Morgan fingerprint density at radius 3 is 2.72 bits per heavy atom. The third-order valence-electron chi connectivity index (χ3n) is 7.01. The first-order valence-electron chi connectivity index (χ1n) is 12.7. The van der Waals surface area contributed by atoms with Gasteiger partial charge in [0.05, 0.1) is 16.9 Å². The molecule has 0 radical (unpaired) electrons. The smallest absolute Gasteiger partial charge is 0.152 e. The number of hydrogen-bond acceptors (Lipinski definition) is 10. The number of nitrogen functional groups attached to an aromatic ring is 1. The topological polar surface area (TPSA) is 158 Å². The summed E-state index contributed by atoms with van der Waals surface area (Å²) in [5.74, 6) is 1.60. The van der Waals surface area contributed by atoms with Gasteiger partial charge in [0.2, 0.25) is 0 Å². The van der Waals surface area contributed by atoms with Gasteiger partial charge in [-0.2, -0.15) is 10.2 Å². The second-order valence-corrected chi connectivity index (χ2v) is 9.85. The highest BCUT2D eigenvalue weighted by molar-refractivity contribution is 5.87. The lowest BCUT2D eigenvalue weighted by atomic mass is 10.1. The number of nitrogens with one attached hydrogen (secondary N) is 1. The highest BCUT2D eigenvalue weighted by Gasteiger charge is 2.45. The van der Waals surface area contributed by atoms with Gasteiger partial charge in [-0.15, -0.1) is 0 Å². The van der Waals surface area contributed by atoms with Gasteiger partial charge < -0.3 is 30.7 Å². The average molecular weight is 531 g/mol. The van der Waals surface area contributed by atoms with Crippen molar-refractivity contribution in [3.8, 4) is 17.0 Å². The summed E-state index contributed by atoms with van der Waals surface area (Å²) in [5.41, 5.74) is 9.49. The number of aliphatic hydroxyl groups excluding tert-OH is 2. The molecule has 0 bridgehead atoms. The Balaban J connectivity index is 1.27. The number of ether oxygens (including phenoxy) is 2. The molecule has 1 aliphatic heterocycles. The fraction of sp³-hybridized carbons (Fsp3) is 0.333. The lowest BCUT2D eigenvalue weighted by Crippen LogP contribution is -2.34. The molecule has 12 heteroatoms. The van der Waals surface area contributed by atoms with Gasteiger partial charge >= 0.3 is 0 Å². The van der Waals surface area contributed by atoms with E-state index in [4.69, 9.17) is 15.2 Å². The van der Waals surface area contributed by atoms with E-state index in [1.165, 1.54) is 6.33 Å². The predicted molar refractivity (Wildman–Crippen MR) is 145 cm³/mol. The third kappa shape index (κ3) is 4.42. The van der Waals surface area contributed by atoms with Crippen molar-refractivity contribution in [2.75, 3.05) is 24.7 Å². The molecular weight excluding hydrogens is 500 g/mol. The Morgan fingerprint density at radius 2 is 1.95 bits per heavy atom. The van der Waals surface area contributed by atoms with Crippen molar-refractivity contribution in [1.82, 2.24) is 29.4 Å². The van der Waals surface area contributed by atoms with Crippen molar-refractivity contribution in [1.29, 1.82) is 0 Å². The zero-order valence-electron chi connectivity index (χ0n) is 21.8. The summed E-state index contributed by atoms with van der Waals surface area (Å²) in [7, 11) is 1.81. The summed E-state index contributed by atoms with van der Waals surface area (Å²) < 4.78 is 15.6.